The van der Waals surface area contributed by atoms with Crippen LogP contribution in [0.5, 0.6) is 0 Å². The van der Waals surface area contributed by atoms with Gasteiger partial charge in [-0.05, 0) is 54.7 Å². The molecule has 9 heteroatoms. The molecule has 0 atom stereocenters. The van der Waals surface area contributed by atoms with Gasteiger partial charge in [-0.1, -0.05) is 35.3 Å². The summed E-state index contributed by atoms with van der Waals surface area (Å²) in [5, 5.41) is 8.80. The van der Waals surface area contributed by atoms with Gasteiger partial charge >= 0.3 is 0 Å². The summed E-state index contributed by atoms with van der Waals surface area (Å²) in [6.07, 6.45) is 1.53. The Labute approximate surface area is 182 Å². The van der Waals surface area contributed by atoms with Gasteiger partial charge in [-0.3, -0.25) is 14.9 Å². The highest BCUT2D eigenvalue weighted by molar-refractivity contribution is 7.80. The van der Waals surface area contributed by atoms with Crippen molar-refractivity contribution in [3.63, 3.8) is 0 Å². The Morgan fingerprint density at radius 2 is 1.76 bits per heavy atom. The maximum Gasteiger partial charge on any atom is 0.258 e. The van der Waals surface area contributed by atoms with Gasteiger partial charge in [0.15, 0.2) is 5.11 Å². The van der Waals surface area contributed by atoms with Gasteiger partial charge in [0, 0.05) is 5.02 Å². The Hall–Kier alpha value is -2.87. The van der Waals surface area contributed by atoms with Gasteiger partial charge in [-0.25, -0.2) is 0 Å². The number of halogens is 2. The normalized spacial score (nSPS) is 10.3. The fraction of sp³-hybridized carbons (Fsp3) is 0.0500. The number of hydrogen-bond acceptors (Lipinski definition) is 4. The number of amides is 2. The van der Waals surface area contributed by atoms with Crippen molar-refractivity contribution in [2.24, 2.45) is 0 Å². The number of rotatable bonds is 5. The summed E-state index contributed by atoms with van der Waals surface area (Å²) < 4.78 is 5.20. The molecule has 29 heavy (non-hydrogen) atoms. The molecule has 0 radical (unpaired) electrons. The molecular weight excluding hydrogens is 433 g/mol. The van der Waals surface area contributed by atoms with Crippen LogP contribution in [0, 0.1) is 0 Å². The van der Waals surface area contributed by atoms with E-state index in [0.29, 0.717) is 22.0 Å². The highest BCUT2D eigenvalue weighted by Gasteiger charge is 2.15. The minimum atomic E-state index is -0.496. The van der Waals surface area contributed by atoms with E-state index in [-0.39, 0.29) is 28.2 Å². The summed E-state index contributed by atoms with van der Waals surface area (Å²) in [5.74, 6) is -0.185. The second-order valence-corrected chi connectivity index (χ2v) is 7.09. The molecule has 3 aromatic rings. The zero-order valence-electron chi connectivity index (χ0n) is 14.9. The van der Waals surface area contributed by atoms with Crippen LogP contribution in [0.3, 0.4) is 0 Å². The standard InChI is InChI=1S/C20H15Cl2N3O3S/c21-12-7-8-14(16(22)10-12)19(27)25-20(29)24-17-6-2-1-5-15(17)18(26)23-11-13-4-3-9-28-13/h1-10H,11H2,(H,23,26)(H2,24,25,27,29). The van der Waals surface area contributed by atoms with Crippen molar-refractivity contribution >= 4 is 58.0 Å². The number of thiocarbonyl (C=S) groups is 1. The fourth-order valence-electron chi connectivity index (χ4n) is 2.46. The van der Waals surface area contributed by atoms with Crippen LogP contribution in [0.1, 0.15) is 26.5 Å². The lowest BCUT2D eigenvalue weighted by Gasteiger charge is -2.14. The van der Waals surface area contributed by atoms with Gasteiger partial charge in [0.05, 0.1) is 34.6 Å². The van der Waals surface area contributed by atoms with Crippen LogP contribution in [-0.2, 0) is 6.54 Å². The average molecular weight is 448 g/mol. The van der Waals surface area contributed by atoms with Gasteiger partial charge in [0.2, 0.25) is 0 Å². The summed E-state index contributed by atoms with van der Waals surface area (Å²) in [6.45, 7) is 0.246. The van der Waals surface area contributed by atoms with Crippen LogP contribution in [-0.4, -0.2) is 16.9 Å². The maximum absolute atomic E-state index is 12.5. The van der Waals surface area contributed by atoms with E-state index in [0.717, 1.165) is 0 Å². The monoisotopic (exact) mass is 447 g/mol. The third-order valence-corrected chi connectivity index (χ3v) is 4.58. The first-order valence-corrected chi connectivity index (χ1v) is 9.57. The van der Waals surface area contributed by atoms with Crippen molar-refractivity contribution in [1.82, 2.24) is 10.6 Å². The van der Waals surface area contributed by atoms with E-state index in [1.165, 1.54) is 18.4 Å². The number of carbonyl (C=O) groups excluding carboxylic acids is 2. The highest BCUT2D eigenvalue weighted by Crippen LogP contribution is 2.21. The molecule has 6 nitrogen and oxygen atoms in total. The molecule has 0 aliphatic carbocycles. The third-order valence-electron chi connectivity index (χ3n) is 3.83. The van der Waals surface area contributed by atoms with Crippen LogP contribution in [0.2, 0.25) is 10.0 Å². The topological polar surface area (TPSA) is 83.4 Å². The maximum atomic E-state index is 12.5. The summed E-state index contributed by atoms with van der Waals surface area (Å²) in [5.41, 5.74) is 1.03. The zero-order valence-corrected chi connectivity index (χ0v) is 17.2. The van der Waals surface area contributed by atoms with E-state index in [1.54, 1.807) is 42.5 Å². The fourth-order valence-corrected chi connectivity index (χ4v) is 3.16. The van der Waals surface area contributed by atoms with Gasteiger partial charge < -0.3 is 15.1 Å². The van der Waals surface area contributed by atoms with E-state index >= 15 is 0 Å². The van der Waals surface area contributed by atoms with Crippen LogP contribution in [0.15, 0.2) is 65.3 Å². The number of anilines is 1. The van der Waals surface area contributed by atoms with Crippen LogP contribution < -0.4 is 16.0 Å². The number of hydrogen-bond donors (Lipinski definition) is 3. The van der Waals surface area contributed by atoms with Gasteiger partial charge in [0.1, 0.15) is 5.76 Å². The molecule has 0 aliphatic rings. The van der Waals surface area contributed by atoms with Gasteiger partial charge in [-0.15, -0.1) is 0 Å². The summed E-state index contributed by atoms with van der Waals surface area (Å²) in [7, 11) is 0. The van der Waals surface area contributed by atoms with Crippen LogP contribution in [0.25, 0.3) is 0 Å². The Bertz CT molecular complexity index is 1050. The molecule has 0 unspecified atom stereocenters. The van der Waals surface area contributed by atoms with Gasteiger partial charge in [-0.2, -0.15) is 0 Å². The third kappa shape index (κ3) is 5.57. The van der Waals surface area contributed by atoms with Crippen molar-refractivity contribution in [1.29, 1.82) is 0 Å². The Morgan fingerprint density at radius 1 is 0.966 bits per heavy atom. The highest BCUT2D eigenvalue weighted by atomic mass is 35.5. The Morgan fingerprint density at radius 3 is 2.48 bits per heavy atom. The van der Waals surface area contributed by atoms with Crippen molar-refractivity contribution in [3.8, 4) is 0 Å². The largest absolute Gasteiger partial charge is 0.467 e. The summed E-state index contributed by atoms with van der Waals surface area (Å²) in [4.78, 5) is 24.9. The predicted molar refractivity (Wildman–Crippen MR) is 116 cm³/mol. The lowest BCUT2D eigenvalue weighted by Crippen LogP contribution is -2.35. The second-order valence-electron chi connectivity index (χ2n) is 5.84. The summed E-state index contributed by atoms with van der Waals surface area (Å²) in [6, 6.07) is 14.8. The predicted octanol–water partition coefficient (Wildman–Crippen LogP) is 4.64. The first-order chi connectivity index (χ1) is 13.9. The number of para-hydroxylation sites is 1. The Balaban J connectivity index is 1.65. The number of benzene rings is 2. The number of carbonyl (C=O) groups is 2. The molecule has 0 fully saturated rings. The molecule has 148 valence electrons. The molecule has 0 saturated carbocycles. The lowest BCUT2D eigenvalue weighted by molar-refractivity contribution is 0.0947. The molecule has 2 amide bonds. The SMILES string of the molecule is O=C(NC(=S)Nc1ccccc1C(=O)NCc1ccco1)c1ccc(Cl)cc1Cl. The quantitative estimate of drug-likeness (QED) is 0.496. The van der Waals surface area contributed by atoms with Crippen molar-refractivity contribution in [2.75, 3.05) is 5.32 Å². The van der Waals surface area contributed by atoms with Crippen molar-refractivity contribution in [3.05, 3.63) is 87.8 Å². The molecular formula is C20H15Cl2N3O3S. The second kappa shape index (κ2) is 9.56. The molecule has 0 aliphatic heterocycles. The number of furan rings is 1. The minimum absolute atomic E-state index is 0.0206. The van der Waals surface area contributed by atoms with E-state index in [2.05, 4.69) is 16.0 Å². The zero-order chi connectivity index (χ0) is 20.8. The van der Waals surface area contributed by atoms with E-state index in [9.17, 15) is 9.59 Å². The summed E-state index contributed by atoms with van der Waals surface area (Å²) >= 11 is 17.1. The molecule has 0 saturated heterocycles. The van der Waals surface area contributed by atoms with E-state index < -0.39 is 5.91 Å². The van der Waals surface area contributed by atoms with E-state index in [4.69, 9.17) is 39.8 Å². The first-order valence-electron chi connectivity index (χ1n) is 8.41. The molecule has 3 rings (SSSR count). The van der Waals surface area contributed by atoms with Gasteiger partial charge in [0.25, 0.3) is 11.8 Å². The lowest BCUT2D eigenvalue weighted by atomic mass is 10.1. The van der Waals surface area contributed by atoms with Crippen molar-refractivity contribution in [2.45, 2.75) is 6.54 Å². The minimum Gasteiger partial charge on any atom is -0.467 e. The molecule has 1 aromatic heterocycles. The molecule has 0 spiro atoms. The molecule has 3 N–H and O–H groups in total. The number of nitrogens with one attached hydrogen (secondary N) is 3. The molecule has 2 aromatic carbocycles. The first kappa shape index (κ1) is 20.9. The van der Waals surface area contributed by atoms with Crippen molar-refractivity contribution < 1.29 is 14.0 Å². The smallest absolute Gasteiger partial charge is 0.258 e. The van der Waals surface area contributed by atoms with Crippen LogP contribution in [0.4, 0.5) is 5.69 Å². The average Bonchev–Trinajstić information content (AvgIpc) is 3.20. The van der Waals surface area contributed by atoms with E-state index in [1.807, 2.05) is 0 Å². The van der Waals surface area contributed by atoms with Crippen LogP contribution >= 0.6 is 35.4 Å². The molecule has 0 bridgehead atoms. The molecule has 1 heterocycles. The Kier molecular flexibility index (Phi) is 6.87.